The molecule has 0 radical (unpaired) electrons. The fourth-order valence-corrected chi connectivity index (χ4v) is 3.19. The summed E-state index contributed by atoms with van der Waals surface area (Å²) in [5, 5.41) is 6.33. The van der Waals surface area contributed by atoms with Gasteiger partial charge in [-0.3, -0.25) is 5.32 Å². The highest BCUT2D eigenvalue weighted by molar-refractivity contribution is 6.31. The first-order chi connectivity index (χ1) is 13.0. The number of amides is 2. The first-order valence-corrected chi connectivity index (χ1v) is 9.38. The van der Waals surface area contributed by atoms with Crippen molar-refractivity contribution >= 4 is 29.3 Å². The van der Waals surface area contributed by atoms with Gasteiger partial charge in [-0.1, -0.05) is 17.7 Å². The van der Waals surface area contributed by atoms with Crippen molar-refractivity contribution in [3.05, 3.63) is 41.6 Å². The summed E-state index contributed by atoms with van der Waals surface area (Å²) in [6.07, 6.45) is 5.09. The number of halogens is 1. The van der Waals surface area contributed by atoms with Gasteiger partial charge in [0.15, 0.2) is 0 Å². The van der Waals surface area contributed by atoms with Crippen LogP contribution in [0.15, 0.2) is 36.5 Å². The van der Waals surface area contributed by atoms with E-state index in [0.29, 0.717) is 16.7 Å². The molecular formula is C19H24ClN5O2. The lowest BCUT2D eigenvalue weighted by Gasteiger charge is -2.29. The number of nitrogens with zero attached hydrogens (tertiary/aromatic N) is 3. The number of aromatic nitrogens is 2. The van der Waals surface area contributed by atoms with Crippen molar-refractivity contribution in [1.29, 1.82) is 0 Å². The molecule has 0 spiro atoms. The zero-order chi connectivity index (χ0) is 19.2. The van der Waals surface area contributed by atoms with E-state index in [1.807, 2.05) is 31.1 Å². The highest BCUT2D eigenvalue weighted by atomic mass is 35.5. The molecule has 1 aliphatic rings. The topological polar surface area (TPSA) is 79.4 Å². The number of carbonyl (C=O) groups excluding carboxylic acids is 1. The molecule has 2 aromatic heterocycles. The fraction of sp³-hybridized carbons (Fsp3) is 0.421. The number of anilines is 2. The van der Waals surface area contributed by atoms with Crippen LogP contribution in [0.1, 0.15) is 25.7 Å². The van der Waals surface area contributed by atoms with Crippen LogP contribution in [0.3, 0.4) is 0 Å². The van der Waals surface area contributed by atoms with Gasteiger partial charge in [0.2, 0.25) is 5.88 Å². The van der Waals surface area contributed by atoms with E-state index in [9.17, 15) is 4.79 Å². The summed E-state index contributed by atoms with van der Waals surface area (Å²) in [6, 6.07) is 8.94. The Bertz CT molecular complexity index is 778. The maximum atomic E-state index is 12.2. The van der Waals surface area contributed by atoms with Crippen molar-refractivity contribution in [2.75, 3.05) is 24.3 Å². The van der Waals surface area contributed by atoms with Gasteiger partial charge in [0, 0.05) is 26.3 Å². The van der Waals surface area contributed by atoms with E-state index in [1.165, 1.54) is 0 Å². The van der Waals surface area contributed by atoms with Crippen LogP contribution >= 0.6 is 11.6 Å². The first-order valence-electron chi connectivity index (χ1n) is 9.00. The largest absolute Gasteiger partial charge is 0.473 e. The van der Waals surface area contributed by atoms with Gasteiger partial charge >= 0.3 is 6.03 Å². The average Bonchev–Trinajstić information content (AvgIpc) is 2.65. The normalized spacial score (nSPS) is 19.2. The zero-order valence-electron chi connectivity index (χ0n) is 15.5. The van der Waals surface area contributed by atoms with Crippen LogP contribution in [0.4, 0.5) is 16.4 Å². The summed E-state index contributed by atoms with van der Waals surface area (Å²) in [5.41, 5.74) is 0. The predicted octanol–water partition coefficient (Wildman–Crippen LogP) is 3.71. The van der Waals surface area contributed by atoms with Gasteiger partial charge in [0.1, 0.15) is 22.8 Å². The van der Waals surface area contributed by atoms with Gasteiger partial charge in [-0.15, -0.1) is 0 Å². The molecular weight excluding hydrogens is 366 g/mol. The summed E-state index contributed by atoms with van der Waals surface area (Å²) in [5.74, 6) is 1.79. The molecule has 1 saturated carbocycles. The molecule has 2 amide bonds. The van der Waals surface area contributed by atoms with Crippen molar-refractivity contribution in [3.63, 3.8) is 0 Å². The number of hydrogen-bond donors (Lipinski definition) is 2. The number of pyridine rings is 2. The third-order valence-electron chi connectivity index (χ3n) is 4.45. The Balaban J connectivity index is 1.45. The maximum Gasteiger partial charge on any atom is 0.320 e. The first kappa shape index (κ1) is 19.2. The van der Waals surface area contributed by atoms with Crippen molar-refractivity contribution in [3.8, 4) is 5.88 Å². The number of urea groups is 1. The van der Waals surface area contributed by atoms with Crippen molar-refractivity contribution < 1.29 is 9.53 Å². The molecule has 8 heteroatoms. The van der Waals surface area contributed by atoms with Gasteiger partial charge < -0.3 is 15.0 Å². The molecule has 1 fully saturated rings. The van der Waals surface area contributed by atoms with Gasteiger partial charge in [-0.2, -0.15) is 0 Å². The molecule has 3 rings (SSSR count). The van der Waals surface area contributed by atoms with Crippen LogP contribution in [-0.2, 0) is 0 Å². The lowest BCUT2D eigenvalue weighted by Crippen LogP contribution is -2.41. The van der Waals surface area contributed by atoms with Crippen LogP contribution in [0.25, 0.3) is 0 Å². The van der Waals surface area contributed by atoms with E-state index in [0.717, 1.165) is 31.5 Å². The third kappa shape index (κ3) is 5.47. The highest BCUT2D eigenvalue weighted by Crippen LogP contribution is 2.27. The Morgan fingerprint density at radius 2 is 1.96 bits per heavy atom. The Kier molecular flexibility index (Phi) is 6.34. The molecule has 1 aliphatic carbocycles. The molecule has 0 unspecified atom stereocenters. The van der Waals surface area contributed by atoms with Gasteiger partial charge in [0.25, 0.3) is 0 Å². The van der Waals surface area contributed by atoms with Crippen molar-refractivity contribution in [2.24, 2.45) is 0 Å². The van der Waals surface area contributed by atoms with Crippen molar-refractivity contribution in [1.82, 2.24) is 15.3 Å². The molecule has 144 valence electrons. The SMILES string of the molecule is CN(C)c1cccc(NC(=O)NC2CCC(Oc3ncccc3Cl)CC2)n1. The van der Waals surface area contributed by atoms with Gasteiger partial charge in [-0.05, 0) is 49.9 Å². The molecule has 27 heavy (non-hydrogen) atoms. The molecule has 0 aliphatic heterocycles. The zero-order valence-corrected chi connectivity index (χ0v) is 16.2. The molecule has 7 nitrogen and oxygen atoms in total. The standard InChI is InChI=1S/C19H24ClN5O2/c1-25(2)17-7-3-6-16(23-17)24-19(26)22-13-8-10-14(11-9-13)27-18-15(20)5-4-12-21-18/h3-7,12-14H,8-11H2,1-2H3,(H2,22,23,24,26). The Morgan fingerprint density at radius 3 is 2.67 bits per heavy atom. The van der Waals surface area contributed by atoms with Crippen LogP contribution in [0, 0.1) is 0 Å². The van der Waals surface area contributed by atoms with Gasteiger partial charge in [0.05, 0.1) is 0 Å². The van der Waals surface area contributed by atoms with Crippen LogP contribution in [0.5, 0.6) is 5.88 Å². The summed E-state index contributed by atoms with van der Waals surface area (Å²) < 4.78 is 5.88. The molecule has 0 saturated heterocycles. The maximum absolute atomic E-state index is 12.2. The Hall–Kier alpha value is -2.54. The number of nitrogens with one attached hydrogen (secondary N) is 2. The van der Waals surface area contributed by atoms with Gasteiger partial charge in [-0.25, -0.2) is 14.8 Å². The molecule has 0 atom stereocenters. The molecule has 2 heterocycles. The number of carbonyl (C=O) groups is 1. The second kappa shape index (κ2) is 8.90. The summed E-state index contributed by atoms with van der Waals surface area (Å²) in [7, 11) is 3.82. The van der Waals surface area contributed by atoms with E-state index in [2.05, 4.69) is 20.6 Å². The minimum atomic E-state index is -0.240. The number of hydrogen-bond acceptors (Lipinski definition) is 5. The van der Waals surface area contributed by atoms with Crippen LogP contribution < -0.4 is 20.3 Å². The van der Waals surface area contributed by atoms with E-state index < -0.39 is 0 Å². The van der Waals surface area contributed by atoms with Crippen LogP contribution in [-0.4, -0.2) is 42.2 Å². The lowest BCUT2D eigenvalue weighted by molar-refractivity contribution is 0.135. The highest BCUT2D eigenvalue weighted by Gasteiger charge is 2.24. The third-order valence-corrected chi connectivity index (χ3v) is 4.73. The fourth-order valence-electron chi connectivity index (χ4n) is 3.02. The van der Waals surface area contributed by atoms with Crippen LogP contribution in [0.2, 0.25) is 5.02 Å². The molecule has 0 aromatic carbocycles. The number of ether oxygens (including phenoxy) is 1. The molecule has 2 aromatic rings. The molecule has 2 N–H and O–H groups in total. The quantitative estimate of drug-likeness (QED) is 0.814. The van der Waals surface area contributed by atoms with Crippen molar-refractivity contribution in [2.45, 2.75) is 37.8 Å². The summed E-state index contributed by atoms with van der Waals surface area (Å²) in [6.45, 7) is 0. The van der Waals surface area contributed by atoms with E-state index >= 15 is 0 Å². The minimum Gasteiger partial charge on any atom is -0.473 e. The lowest BCUT2D eigenvalue weighted by atomic mass is 9.93. The number of rotatable bonds is 5. The molecule has 0 bridgehead atoms. The monoisotopic (exact) mass is 389 g/mol. The summed E-state index contributed by atoms with van der Waals surface area (Å²) in [4.78, 5) is 22.7. The Morgan fingerprint density at radius 1 is 1.19 bits per heavy atom. The second-order valence-electron chi connectivity index (χ2n) is 6.76. The predicted molar refractivity (Wildman–Crippen MR) is 107 cm³/mol. The summed E-state index contributed by atoms with van der Waals surface area (Å²) >= 11 is 6.09. The van der Waals surface area contributed by atoms with E-state index in [1.54, 1.807) is 24.4 Å². The van der Waals surface area contributed by atoms with E-state index in [-0.39, 0.29) is 18.2 Å². The van der Waals surface area contributed by atoms with E-state index in [4.69, 9.17) is 16.3 Å². The Labute approximate surface area is 164 Å². The smallest absolute Gasteiger partial charge is 0.320 e. The average molecular weight is 390 g/mol. The minimum absolute atomic E-state index is 0.0666. The second-order valence-corrected chi connectivity index (χ2v) is 7.16.